The summed E-state index contributed by atoms with van der Waals surface area (Å²) in [6.45, 7) is 3.16. The molecule has 1 aromatic heterocycles. The first-order chi connectivity index (χ1) is 8.81. The van der Waals surface area contributed by atoms with Crippen LogP contribution in [0.1, 0.15) is 30.7 Å². The molecule has 0 amide bonds. The zero-order valence-corrected chi connectivity index (χ0v) is 12.1. The Morgan fingerprint density at radius 1 is 1.22 bits per heavy atom. The first kappa shape index (κ1) is 13.4. The Morgan fingerprint density at radius 2 is 2.00 bits per heavy atom. The van der Waals surface area contributed by atoms with Gasteiger partial charge in [-0.15, -0.1) is 0 Å². The minimum atomic E-state index is 0.219. The lowest BCUT2D eigenvalue weighted by Gasteiger charge is -2.17. The van der Waals surface area contributed by atoms with Crippen LogP contribution in [0.15, 0.2) is 51.6 Å². The van der Waals surface area contributed by atoms with Gasteiger partial charge in [0.1, 0.15) is 5.76 Å². The highest BCUT2D eigenvalue weighted by Crippen LogP contribution is 2.27. The SMILES string of the molecule is CCCNC(Cc1ccccc1)c1occc1Br. The Kier molecular flexibility index (Phi) is 5.02. The molecule has 0 aliphatic carbocycles. The molecule has 0 saturated carbocycles. The van der Waals surface area contributed by atoms with E-state index in [4.69, 9.17) is 4.42 Å². The minimum absolute atomic E-state index is 0.219. The van der Waals surface area contributed by atoms with Gasteiger partial charge in [0.15, 0.2) is 0 Å². The molecule has 1 atom stereocenters. The van der Waals surface area contributed by atoms with Crippen LogP contribution < -0.4 is 5.32 Å². The van der Waals surface area contributed by atoms with Crippen molar-refractivity contribution in [1.82, 2.24) is 5.32 Å². The highest BCUT2D eigenvalue weighted by molar-refractivity contribution is 9.10. The molecule has 0 saturated heterocycles. The van der Waals surface area contributed by atoms with Crippen LogP contribution in [-0.4, -0.2) is 6.54 Å². The van der Waals surface area contributed by atoms with E-state index in [1.54, 1.807) is 6.26 Å². The van der Waals surface area contributed by atoms with Gasteiger partial charge < -0.3 is 9.73 Å². The third-order valence-corrected chi connectivity index (χ3v) is 3.54. The van der Waals surface area contributed by atoms with E-state index >= 15 is 0 Å². The van der Waals surface area contributed by atoms with Crippen LogP contribution in [0.2, 0.25) is 0 Å². The summed E-state index contributed by atoms with van der Waals surface area (Å²) in [6.07, 6.45) is 3.78. The van der Waals surface area contributed by atoms with Crippen LogP contribution in [0.5, 0.6) is 0 Å². The third-order valence-electron chi connectivity index (χ3n) is 2.88. The monoisotopic (exact) mass is 307 g/mol. The molecule has 0 aliphatic heterocycles. The Hall–Kier alpha value is -1.06. The van der Waals surface area contributed by atoms with Crippen molar-refractivity contribution in [3.63, 3.8) is 0 Å². The zero-order chi connectivity index (χ0) is 12.8. The molecule has 2 nitrogen and oxygen atoms in total. The maximum atomic E-state index is 5.59. The van der Waals surface area contributed by atoms with Gasteiger partial charge in [-0.25, -0.2) is 0 Å². The number of benzene rings is 1. The van der Waals surface area contributed by atoms with Crippen LogP contribution in [0.3, 0.4) is 0 Å². The van der Waals surface area contributed by atoms with Gasteiger partial charge in [0.05, 0.1) is 16.8 Å². The van der Waals surface area contributed by atoms with Crippen molar-refractivity contribution >= 4 is 15.9 Å². The molecule has 2 aromatic rings. The van der Waals surface area contributed by atoms with Crippen LogP contribution >= 0.6 is 15.9 Å². The van der Waals surface area contributed by atoms with Crippen molar-refractivity contribution in [2.75, 3.05) is 6.54 Å². The molecule has 1 aromatic carbocycles. The van der Waals surface area contributed by atoms with E-state index in [9.17, 15) is 0 Å². The summed E-state index contributed by atoms with van der Waals surface area (Å²) in [4.78, 5) is 0. The second kappa shape index (κ2) is 6.76. The maximum absolute atomic E-state index is 5.59. The Balaban J connectivity index is 2.13. The number of hydrogen-bond acceptors (Lipinski definition) is 2. The van der Waals surface area contributed by atoms with E-state index in [0.29, 0.717) is 0 Å². The fourth-order valence-electron chi connectivity index (χ4n) is 1.98. The number of rotatable bonds is 6. The largest absolute Gasteiger partial charge is 0.466 e. The second-order valence-corrected chi connectivity index (χ2v) is 5.18. The summed E-state index contributed by atoms with van der Waals surface area (Å²) in [7, 11) is 0. The predicted octanol–water partition coefficient (Wildman–Crippen LogP) is 4.33. The topological polar surface area (TPSA) is 25.2 Å². The van der Waals surface area contributed by atoms with E-state index in [1.165, 1.54) is 5.56 Å². The third kappa shape index (κ3) is 3.47. The molecule has 0 spiro atoms. The van der Waals surface area contributed by atoms with Crippen LogP contribution in [0.25, 0.3) is 0 Å². The average Bonchev–Trinajstić information content (AvgIpc) is 2.82. The van der Waals surface area contributed by atoms with Crippen molar-refractivity contribution < 1.29 is 4.42 Å². The normalized spacial score (nSPS) is 12.6. The standard InChI is InChI=1S/C15H18BrNO/c1-2-9-17-14(15-13(16)8-10-18-15)11-12-6-4-3-5-7-12/h3-8,10,14,17H,2,9,11H2,1H3. The molecule has 1 N–H and O–H groups in total. The van der Waals surface area contributed by atoms with Crippen molar-refractivity contribution in [1.29, 1.82) is 0 Å². The van der Waals surface area contributed by atoms with Crippen molar-refractivity contribution in [2.24, 2.45) is 0 Å². The summed E-state index contributed by atoms with van der Waals surface area (Å²) >= 11 is 3.54. The maximum Gasteiger partial charge on any atom is 0.135 e. The highest BCUT2D eigenvalue weighted by atomic mass is 79.9. The summed E-state index contributed by atoms with van der Waals surface area (Å²) in [5.41, 5.74) is 1.31. The van der Waals surface area contributed by atoms with Gasteiger partial charge in [0.2, 0.25) is 0 Å². The Morgan fingerprint density at radius 3 is 2.61 bits per heavy atom. The van der Waals surface area contributed by atoms with Crippen LogP contribution in [0, 0.1) is 0 Å². The molecule has 0 bridgehead atoms. The Bertz CT molecular complexity index is 466. The van der Waals surface area contributed by atoms with Crippen molar-refractivity contribution in [3.05, 3.63) is 58.5 Å². The van der Waals surface area contributed by atoms with Gasteiger partial charge >= 0.3 is 0 Å². The van der Waals surface area contributed by atoms with Crippen molar-refractivity contribution in [3.8, 4) is 0 Å². The number of furan rings is 1. The number of halogens is 1. The van der Waals surface area contributed by atoms with Gasteiger partial charge in [-0.3, -0.25) is 0 Å². The van der Waals surface area contributed by atoms with E-state index in [0.717, 1.165) is 29.6 Å². The van der Waals surface area contributed by atoms with E-state index in [1.807, 2.05) is 12.1 Å². The molecule has 2 rings (SSSR count). The van der Waals surface area contributed by atoms with Gasteiger partial charge in [-0.2, -0.15) is 0 Å². The lowest BCUT2D eigenvalue weighted by molar-refractivity contribution is 0.408. The number of hydrogen-bond donors (Lipinski definition) is 1. The first-order valence-corrected chi connectivity index (χ1v) is 7.10. The summed E-state index contributed by atoms with van der Waals surface area (Å²) in [5.74, 6) is 0.979. The second-order valence-electron chi connectivity index (χ2n) is 4.33. The molecule has 1 unspecified atom stereocenters. The molecule has 0 fully saturated rings. The van der Waals surface area contributed by atoms with Crippen LogP contribution in [-0.2, 0) is 6.42 Å². The minimum Gasteiger partial charge on any atom is -0.466 e. The smallest absolute Gasteiger partial charge is 0.135 e. The lowest BCUT2D eigenvalue weighted by atomic mass is 10.0. The van der Waals surface area contributed by atoms with Gasteiger partial charge in [0.25, 0.3) is 0 Å². The fraction of sp³-hybridized carbons (Fsp3) is 0.333. The van der Waals surface area contributed by atoms with Crippen LogP contribution in [0.4, 0.5) is 0 Å². The molecule has 1 heterocycles. The molecule has 0 aliphatic rings. The Labute approximate surface area is 117 Å². The summed E-state index contributed by atoms with van der Waals surface area (Å²) in [5, 5.41) is 3.54. The fourth-order valence-corrected chi connectivity index (χ4v) is 2.46. The van der Waals surface area contributed by atoms with E-state index in [-0.39, 0.29) is 6.04 Å². The van der Waals surface area contributed by atoms with E-state index in [2.05, 4.69) is 52.4 Å². The first-order valence-electron chi connectivity index (χ1n) is 6.31. The molecular weight excluding hydrogens is 290 g/mol. The molecule has 3 heteroatoms. The molecule has 96 valence electrons. The van der Waals surface area contributed by atoms with Crippen molar-refractivity contribution in [2.45, 2.75) is 25.8 Å². The van der Waals surface area contributed by atoms with E-state index < -0.39 is 0 Å². The average molecular weight is 308 g/mol. The lowest BCUT2D eigenvalue weighted by Crippen LogP contribution is -2.24. The summed E-state index contributed by atoms with van der Waals surface area (Å²) in [6, 6.07) is 12.7. The van der Waals surface area contributed by atoms with Gasteiger partial charge in [-0.05, 0) is 46.9 Å². The molecular formula is C15H18BrNO. The highest BCUT2D eigenvalue weighted by Gasteiger charge is 2.17. The zero-order valence-electron chi connectivity index (χ0n) is 10.5. The summed E-state index contributed by atoms with van der Waals surface area (Å²) < 4.78 is 6.62. The molecule has 0 radical (unpaired) electrons. The number of nitrogens with one attached hydrogen (secondary N) is 1. The predicted molar refractivity (Wildman–Crippen MR) is 77.6 cm³/mol. The molecule has 18 heavy (non-hydrogen) atoms. The van der Waals surface area contributed by atoms with Gasteiger partial charge in [0, 0.05) is 0 Å². The quantitative estimate of drug-likeness (QED) is 0.859. The van der Waals surface area contributed by atoms with Gasteiger partial charge in [-0.1, -0.05) is 37.3 Å².